The number of nitriles is 1. The normalized spacial score (nSPS) is 11.6. The molecule has 0 saturated heterocycles. The maximum absolute atomic E-state index is 10.4. The van der Waals surface area contributed by atoms with E-state index in [2.05, 4.69) is 5.32 Å². The molecule has 0 aromatic heterocycles. The summed E-state index contributed by atoms with van der Waals surface area (Å²) in [6, 6.07) is 7.06. The van der Waals surface area contributed by atoms with Crippen molar-refractivity contribution in [1.29, 1.82) is 5.26 Å². The van der Waals surface area contributed by atoms with E-state index < -0.39 is 5.97 Å². The van der Waals surface area contributed by atoms with Gasteiger partial charge < -0.3 is 10.4 Å². The van der Waals surface area contributed by atoms with Crippen LogP contribution in [0.2, 0.25) is 5.02 Å². The lowest BCUT2D eigenvalue weighted by Gasteiger charge is -2.14. The summed E-state index contributed by atoms with van der Waals surface area (Å²) < 4.78 is 0. The number of carboxylic acids is 1. The lowest BCUT2D eigenvalue weighted by molar-refractivity contribution is -0.137. The first kappa shape index (κ1) is 13.3. The fraction of sp³-hybridized carbons (Fsp3) is 0.333. The van der Waals surface area contributed by atoms with E-state index in [1.165, 1.54) is 0 Å². The van der Waals surface area contributed by atoms with E-state index in [-0.39, 0.29) is 12.5 Å². The van der Waals surface area contributed by atoms with Gasteiger partial charge in [0, 0.05) is 18.2 Å². The molecular formula is C12H13ClN2O2. The van der Waals surface area contributed by atoms with E-state index >= 15 is 0 Å². The molecule has 0 heterocycles. The topological polar surface area (TPSA) is 73.1 Å². The van der Waals surface area contributed by atoms with Crippen LogP contribution in [-0.2, 0) is 4.79 Å². The van der Waals surface area contributed by atoms with Crippen LogP contribution in [0.15, 0.2) is 18.2 Å². The number of aliphatic carboxylic acids is 1. The molecule has 0 aliphatic heterocycles. The van der Waals surface area contributed by atoms with Gasteiger partial charge in [0.2, 0.25) is 0 Å². The van der Waals surface area contributed by atoms with Crippen LogP contribution in [0, 0.1) is 11.3 Å². The van der Waals surface area contributed by atoms with Crippen molar-refractivity contribution in [1.82, 2.24) is 0 Å². The fourth-order valence-corrected chi connectivity index (χ4v) is 1.62. The number of hydrogen-bond donors (Lipinski definition) is 2. The first-order valence-electron chi connectivity index (χ1n) is 5.21. The molecule has 0 fully saturated rings. The van der Waals surface area contributed by atoms with Crippen LogP contribution in [0.4, 0.5) is 5.69 Å². The Balaban J connectivity index is 2.60. The average Bonchev–Trinajstić information content (AvgIpc) is 2.26. The molecule has 0 saturated carbocycles. The summed E-state index contributed by atoms with van der Waals surface area (Å²) in [5.74, 6) is -0.809. The SMILES string of the molecule is CC(CCC(=O)O)Nc1ccc(C#N)c(Cl)c1. The van der Waals surface area contributed by atoms with Gasteiger partial charge >= 0.3 is 5.97 Å². The van der Waals surface area contributed by atoms with Crippen LogP contribution in [0.5, 0.6) is 0 Å². The molecule has 0 bridgehead atoms. The molecule has 0 radical (unpaired) electrons. The van der Waals surface area contributed by atoms with Crippen LogP contribution in [0.3, 0.4) is 0 Å². The predicted molar refractivity (Wildman–Crippen MR) is 66.1 cm³/mol. The zero-order chi connectivity index (χ0) is 12.8. The largest absolute Gasteiger partial charge is 0.481 e. The summed E-state index contributed by atoms with van der Waals surface area (Å²) in [6.45, 7) is 1.90. The molecule has 0 aliphatic rings. The van der Waals surface area contributed by atoms with Crippen molar-refractivity contribution in [3.63, 3.8) is 0 Å². The van der Waals surface area contributed by atoms with Gasteiger partial charge in [-0.1, -0.05) is 11.6 Å². The molecule has 0 spiro atoms. The number of nitrogens with one attached hydrogen (secondary N) is 1. The Hall–Kier alpha value is -1.73. The van der Waals surface area contributed by atoms with E-state index in [0.29, 0.717) is 17.0 Å². The number of carboxylic acid groups (broad SMARTS) is 1. The van der Waals surface area contributed by atoms with Crippen LogP contribution < -0.4 is 5.32 Å². The number of rotatable bonds is 5. The van der Waals surface area contributed by atoms with Crippen LogP contribution in [0.25, 0.3) is 0 Å². The van der Waals surface area contributed by atoms with Crippen molar-refractivity contribution in [2.75, 3.05) is 5.32 Å². The zero-order valence-corrected chi connectivity index (χ0v) is 10.2. The quantitative estimate of drug-likeness (QED) is 0.845. The summed E-state index contributed by atoms with van der Waals surface area (Å²) >= 11 is 5.88. The van der Waals surface area contributed by atoms with Crippen LogP contribution >= 0.6 is 11.6 Å². The number of nitrogens with zero attached hydrogens (tertiary/aromatic N) is 1. The van der Waals surface area contributed by atoms with E-state index in [1.54, 1.807) is 18.2 Å². The number of benzene rings is 1. The molecule has 0 amide bonds. The second kappa shape index (κ2) is 6.12. The number of carbonyl (C=O) groups is 1. The third kappa shape index (κ3) is 4.33. The summed E-state index contributed by atoms with van der Waals surface area (Å²) in [6.07, 6.45) is 0.658. The van der Waals surface area contributed by atoms with Gasteiger partial charge in [0.25, 0.3) is 0 Å². The smallest absolute Gasteiger partial charge is 0.303 e. The highest BCUT2D eigenvalue weighted by Gasteiger charge is 2.06. The molecular weight excluding hydrogens is 240 g/mol. The molecule has 90 valence electrons. The van der Waals surface area contributed by atoms with Gasteiger partial charge in [0.15, 0.2) is 0 Å². The lowest BCUT2D eigenvalue weighted by atomic mass is 10.1. The van der Waals surface area contributed by atoms with Crippen molar-refractivity contribution in [2.45, 2.75) is 25.8 Å². The van der Waals surface area contributed by atoms with Crippen LogP contribution in [-0.4, -0.2) is 17.1 Å². The minimum Gasteiger partial charge on any atom is -0.481 e. The van der Waals surface area contributed by atoms with Gasteiger partial charge in [-0.15, -0.1) is 0 Å². The second-order valence-electron chi connectivity index (χ2n) is 3.78. The first-order valence-corrected chi connectivity index (χ1v) is 5.58. The average molecular weight is 253 g/mol. The third-order valence-electron chi connectivity index (χ3n) is 2.29. The lowest BCUT2D eigenvalue weighted by Crippen LogP contribution is -2.16. The summed E-state index contributed by atoms with van der Waals surface area (Å²) in [4.78, 5) is 10.4. The van der Waals surface area contributed by atoms with E-state index in [0.717, 1.165) is 5.69 Å². The molecule has 4 nitrogen and oxygen atoms in total. The number of hydrogen-bond acceptors (Lipinski definition) is 3. The summed E-state index contributed by atoms with van der Waals surface area (Å²) in [5.41, 5.74) is 1.21. The molecule has 1 aromatic carbocycles. The van der Waals surface area contributed by atoms with Gasteiger partial charge in [0.05, 0.1) is 10.6 Å². The van der Waals surface area contributed by atoms with Crippen molar-refractivity contribution in [3.8, 4) is 6.07 Å². The Bertz CT molecular complexity index is 454. The summed E-state index contributed by atoms with van der Waals surface area (Å²) in [7, 11) is 0. The monoisotopic (exact) mass is 252 g/mol. The minimum atomic E-state index is -0.809. The van der Waals surface area contributed by atoms with Gasteiger partial charge in [-0.2, -0.15) is 5.26 Å². The van der Waals surface area contributed by atoms with Gasteiger partial charge in [-0.05, 0) is 31.5 Å². The van der Waals surface area contributed by atoms with Gasteiger partial charge in [-0.25, -0.2) is 0 Å². The summed E-state index contributed by atoms with van der Waals surface area (Å²) in [5, 5.41) is 20.8. The van der Waals surface area contributed by atoms with Gasteiger partial charge in [0.1, 0.15) is 6.07 Å². The van der Waals surface area contributed by atoms with Crippen LogP contribution in [0.1, 0.15) is 25.3 Å². The van der Waals surface area contributed by atoms with Crippen molar-refractivity contribution >= 4 is 23.3 Å². The Kier molecular flexibility index (Phi) is 4.80. The Labute approximate surface area is 105 Å². The first-order chi connectivity index (χ1) is 8.02. The highest BCUT2D eigenvalue weighted by atomic mass is 35.5. The van der Waals surface area contributed by atoms with Crippen molar-refractivity contribution in [2.24, 2.45) is 0 Å². The molecule has 1 aromatic rings. The highest BCUT2D eigenvalue weighted by Crippen LogP contribution is 2.21. The molecule has 1 unspecified atom stereocenters. The zero-order valence-electron chi connectivity index (χ0n) is 9.40. The highest BCUT2D eigenvalue weighted by molar-refractivity contribution is 6.32. The molecule has 17 heavy (non-hydrogen) atoms. The van der Waals surface area contributed by atoms with E-state index in [1.807, 2.05) is 13.0 Å². The Morgan fingerprint density at radius 1 is 1.65 bits per heavy atom. The molecule has 1 atom stereocenters. The maximum atomic E-state index is 10.4. The second-order valence-corrected chi connectivity index (χ2v) is 4.19. The van der Waals surface area contributed by atoms with Crippen molar-refractivity contribution in [3.05, 3.63) is 28.8 Å². The fourth-order valence-electron chi connectivity index (χ4n) is 1.39. The minimum absolute atomic E-state index is 0.0371. The van der Waals surface area contributed by atoms with Crippen molar-refractivity contribution < 1.29 is 9.90 Å². The standard InChI is InChI=1S/C12H13ClN2O2/c1-8(2-5-12(16)17)15-10-4-3-9(7-14)11(13)6-10/h3-4,6,8,15H,2,5H2,1H3,(H,16,17). The molecule has 0 aliphatic carbocycles. The van der Waals surface area contributed by atoms with E-state index in [9.17, 15) is 4.79 Å². The molecule has 2 N–H and O–H groups in total. The Morgan fingerprint density at radius 2 is 2.35 bits per heavy atom. The van der Waals surface area contributed by atoms with Gasteiger partial charge in [-0.3, -0.25) is 4.79 Å². The number of halogens is 1. The third-order valence-corrected chi connectivity index (χ3v) is 2.61. The predicted octanol–water partition coefficient (Wildman–Crippen LogP) is 2.88. The number of anilines is 1. The molecule has 5 heteroatoms. The molecule has 1 rings (SSSR count). The van der Waals surface area contributed by atoms with E-state index in [4.69, 9.17) is 22.0 Å². The Morgan fingerprint density at radius 3 is 2.88 bits per heavy atom. The maximum Gasteiger partial charge on any atom is 0.303 e.